The highest BCUT2D eigenvalue weighted by molar-refractivity contribution is 5.77. The largest absolute Gasteiger partial charge is 0.308 e. The molecule has 0 heterocycles. The first-order chi connectivity index (χ1) is 4.86. The number of nitrogens with one attached hydrogen (secondary N) is 1. The van der Waals surface area contributed by atoms with E-state index in [4.69, 9.17) is 10.7 Å². The van der Waals surface area contributed by atoms with Crippen LogP contribution in [0.5, 0.6) is 0 Å². The van der Waals surface area contributed by atoms with Gasteiger partial charge < -0.3 is 5.41 Å². The average Bonchev–Trinajstić information content (AvgIpc) is 2.05. The Morgan fingerprint density at radius 1 is 1.50 bits per heavy atom. The van der Waals surface area contributed by atoms with Crippen molar-refractivity contribution in [2.24, 2.45) is 0 Å². The second-order valence-corrected chi connectivity index (χ2v) is 1.88. The normalized spacial score (nSPS) is 8.30. The highest BCUT2D eigenvalue weighted by atomic mass is 14.3. The van der Waals surface area contributed by atoms with Gasteiger partial charge in [-0.2, -0.15) is 5.26 Å². The van der Waals surface area contributed by atoms with E-state index in [1.54, 1.807) is 24.3 Å². The van der Waals surface area contributed by atoms with Gasteiger partial charge in [0.05, 0.1) is 11.6 Å². The summed E-state index contributed by atoms with van der Waals surface area (Å²) in [4.78, 5) is 0. The highest BCUT2D eigenvalue weighted by Gasteiger charge is 1.88. The number of nitriles is 1. The maximum Gasteiger partial charge on any atom is 0.0991 e. The van der Waals surface area contributed by atoms with E-state index < -0.39 is 0 Å². The van der Waals surface area contributed by atoms with Gasteiger partial charge in [0.2, 0.25) is 0 Å². The standard InChI is InChI=1S/C8H6N2/c9-5-7-2-1-3-8(4-7)6-10/h1-5,9H. The molecular weight excluding hydrogens is 124 g/mol. The van der Waals surface area contributed by atoms with Crippen LogP contribution >= 0.6 is 0 Å². The van der Waals surface area contributed by atoms with Gasteiger partial charge in [-0.15, -0.1) is 0 Å². The molecule has 0 atom stereocenters. The van der Waals surface area contributed by atoms with E-state index >= 15 is 0 Å². The van der Waals surface area contributed by atoms with Crippen molar-refractivity contribution in [1.29, 1.82) is 10.7 Å². The fraction of sp³-hybridized carbons (Fsp3) is 0. The van der Waals surface area contributed by atoms with Gasteiger partial charge in [0.25, 0.3) is 0 Å². The molecule has 0 aliphatic heterocycles. The van der Waals surface area contributed by atoms with Gasteiger partial charge in [-0.1, -0.05) is 12.1 Å². The van der Waals surface area contributed by atoms with E-state index in [0.717, 1.165) is 5.56 Å². The summed E-state index contributed by atoms with van der Waals surface area (Å²) in [6.07, 6.45) is 1.22. The van der Waals surface area contributed by atoms with Crippen molar-refractivity contribution in [2.75, 3.05) is 0 Å². The lowest BCUT2D eigenvalue weighted by molar-refractivity contribution is 1.47. The van der Waals surface area contributed by atoms with Crippen LogP contribution in [-0.2, 0) is 0 Å². The molecule has 1 N–H and O–H groups in total. The Morgan fingerprint density at radius 2 is 2.30 bits per heavy atom. The van der Waals surface area contributed by atoms with Crippen molar-refractivity contribution in [1.82, 2.24) is 0 Å². The van der Waals surface area contributed by atoms with Crippen LogP contribution in [0.4, 0.5) is 0 Å². The first-order valence-electron chi connectivity index (χ1n) is 2.87. The molecule has 0 saturated carbocycles. The summed E-state index contributed by atoms with van der Waals surface area (Å²) in [5, 5.41) is 15.3. The third-order valence-corrected chi connectivity index (χ3v) is 1.18. The molecule has 10 heavy (non-hydrogen) atoms. The zero-order valence-electron chi connectivity index (χ0n) is 5.33. The Hall–Kier alpha value is -1.62. The zero-order chi connectivity index (χ0) is 7.40. The van der Waals surface area contributed by atoms with Gasteiger partial charge in [-0.05, 0) is 17.7 Å². The molecule has 0 aromatic heterocycles. The summed E-state index contributed by atoms with van der Waals surface area (Å²) in [6.45, 7) is 0. The van der Waals surface area contributed by atoms with Gasteiger partial charge in [0.15, 0.2) is 0 Å². The van der Waals surface area contributed by atoms with Crippen molar-refractivity contribution in [2.45, 2.75) is 0 Å². The maximum absolute atomic E-state index is 8.43. The summed E-state index contributed by atoms with van der Waals surface area (Å²) in [7, 11) is 0. The molecule has 1 aromatic carbocycles. The Bertz CT molecular complexity index is 284. The molecule has 48 valence electrons. The predicted octanol–water partition coefficient (Wildman–Crippen LogP) is 1.56. The van der Waals surface area contributed by atoms with Crippen LogP contribution in [0.25, 0.3) is 0 Å². The third-order valence-electron chi connectivity index (χ3n) is 1.18. The molecule has 1 aromatic rings. The Kier molecular flexibility index (Phi) is 1.81. The van der Waals surface area contributed by atoms with Crippen LogP contribution in [0.15, 0.2) is 24.3 Å². The maximum atomic E-state index is 8.43. The van der Waals surface area contributed by atoms with Crippen LogP contribution in [0.1, 0.15) is 11.1 Å². The predicted molar refractivity (Wildman–Crippen MR) is 39.0 cm³/mol. The lowest BCUT2D eigenvalue weighted by Gasteiger charge is -1.89. The molecule has 0 radical (unpaired) electrons. The molecule has 0 aliphatic rings. The van der Waals surface area contributed by atoms with Crippen molar-refractivity contribution in [3.8, 4) is 6.07 Å². The summed E-state index contributed by atoms with van der Waals surface area (Å²) < 4.78 is 0. The quantitative estimate of drug-likeness (QED) is 0.576. The smallest absolute Gasteiger partial charge is 0.0991 e. The fourth-order valence-electron chi connectivity index (χ4n) is 0.698. The minimum Gasteiger partial charge on any atom is -0.308 e. The summed E-state index contributed by atoms with van der Waals surface area (Å²) >= 11 is 0. The zero-order valence-corrected chi connectivity index (χ0v) is 5.33. The second-order valence-electron chi connectivity index (χ2n) is 1.88. The van der Waals surface area contributed by atoms with E-state index in [0.29, 0.717) is 5.56 Å². The topological polar surface area (TPSA) is 47.6 Å². The Balaban J connectivity index is 3.13. The molecule has 0 aliphatic carbocycles. The highest BCUT2D eigenvalue weighted by Crippen LogP contribution is 2.00. The summed E-state index contributed by atoms with van der Waals surface area (Å²) in [5.41, 5.74) is 1.36. The average molecular weight is 130 g/mol. The van der Waals surface area contributed by atoms with Crippen molar-refractivity contribution in [3.63, 3.8) is 0 Å². The van der Waals surface area contributed by atoms with Gasteiger partial charge in [0, 0.05) is 6.21 Å². The Labute approximate surface area is 59.2 Å². The van der Waals surface area contributed by atoms with Gasteiger partial charge in [0.1, 0.15) is 0 Å². The minimum atomic E-state index is 0.598. The molecule has 0 amide bonds. The molecular formula is C8H6N2. The first kappa shape index (κ1) is 6.50. The van der Waals surface area contributed by atoms with E-state index in [2.05, 4.69) is 0 Å². The summed E-state index contributed by atoms with van der Waals surface area (Å²) in [5.74, 6) is 0. The van der Waals surface area contributed by atoms with Gasteiger partial charge in [-0.3, -0.25) is 0 Å². The van der Waals surface area contributed by atoms with Crippen LogP contribution in [0.2, 0.25) is 0 Å². The van der Waals surface area contributed by atoms with E-state index in [1.807, 2.05) is 6.07 Å². The van der Waals surface area contributed by atoms with Crippen molar-refractivity contribution < 1.29 is 0 Å². The van der Waals surface area contributed by atoms with Crippen LogP contribution in [0, 0.1) is 16.7 Å². The molecule has 2 nitrogen and oxygen atoms in total. The molecule has 1 rings (SSSR count). The van der Waals surface area contributed by atoms with Crippen molar-refractivity contribution in [3.05, 3.63) is 35.4 Å². The molecule has 0 unspecified atom stereocenters. The van der Waals surface area contributed by atoms with Gasteiger partial charge in [-0.25, -0.2) is 0 Å². The van der Waals surface area contributed by atoms with E-state index in [-0.39, 0.29) is 0 Å². The SMILES string of the molecule is N#Cc1cccc(C=N)c1. The molecule has 0 bridgehead atoms. The van der Waals surface area contributed by atoms with Crippen LogP contribution in [0.3, 0.4) is 0 Å². The molecule has 0 fully saturated rings. The molecule has 0 saturated heterocycles. The number of hydrogen-bond donors (Lipinski definition) is 1. The number of rotatable bonds is 1. The lowest BCUT2D eigenvalue weighted by Crippen LogP contribution is -1.79. The van der Waals surface area contributed by atoms with Crippen molar-refractivity contribution >= 4 is 6.21 Å². The summed E-state index contributed by atoms with van der Waals surface area (Å²) in [6, 6.07) is 8.94. The van der Waals surface area contributed by atoms with E-state index in [1.165, 1.54) is 6.21 Å². The number of nitrogens with zero attached hydrogens (tertiary/aromatic N) is 1. The van der Waals surface area contributed by atoms with E-state index in [9.17, 15) is 0 Å². The Morgan fingerprint density at radius 3 is 2.90 bits per heavy atom. The minimum absolute atomic E-state index is 0.598. The lowest BCUT2D eigenvalue weighted by atomic mass is 10.1. The number of hydrogen-bond acceptors (Lipinski definition) is 2. The first-order valence-corrected chi connectivity index (χ1v) is 2.87. The second kappa shape index (κ2) is 2.79. The number of benzene rings is 1. The fourth-order valence-corrected chi connectivity index (χ4v) is 0.698. The van der Waals surface area contributed by atoms with Gasteiger partial charge >= 0.3 is 0 Å². The molecule has 0 spiro atoms. The monoisotopic (exact) mass is 130 g/mol. The molecule has 2 heteroatoms. The third kappa shape index (κ3) is 1.20. The van der Waals surface area contributed by atoms with Crippen LogP contribution in [-0.4, -0.2) is 6.21 Å². The van der Waals surface area contributed by atoms with Crippen LogP contribution < -0.4 is 0 Å².